The number of rotatable bonds is 5. The SMILES string of the molecule is CC(C)NC(=O)COc1cccc(F)c1CN. The average molecular weight is 240 g/mol. The van der Waals surface area contributed by atoms with Crippen molar-refractivity contribution in [3.05, 3.63) is 29.6 Å². The van der Waals surface area contributed by atoms with Crippen LogP contribution in [0.3, 0.4) is 0 Å². The van der Waals surface area contributed by atoms with Gasteiger partial charge in [0.25, 0.3) is 5.91 Å². The van der Waals surface area contributed by atoms with Gasteiger partial charge >= 0.3 is 0 Å². The lowest BCUT2D eigenvalue weighted by Crippen LogP contribution is -2.34. The number of ether oxygens (including phenoxy) is 1. The van der Waals surface area contributed by atoms with Gasteiger partial charge in [0.05, 0.1) is 0 Å². The van der Waals surface area contributed by atoms with E-state index in [9.17, 15) is 9.18 Å². The van der Waals surface area contributed by atoms with Gasteiger partial charge in [-0.3, -0.25) is 4.79 Å². The second kappa shape index (κ2) is 6.20. The van der Waals surface area contributed by atoms with Crippen LogP contribution >= 0.6 is 0 Å². The Morgan fingerprint density at radius 1 is 1.53 bits per heavy atom. The lowest BCUT2D eigenvalue weighted by molar-refractivity contribution is -0.123. The fraction of sp³-hybridized carbons (Fsp3) is 0.417. The summed E-state index contributed by atoms with van der Waals surface area (Å²) < 4.78 is 18.6. The first-order chi connectivity index (χ1) is 8.04. The van der Waals surface area contributed by atoms with E-state index in [1.165, 1.54) is 12.1 Å². The molecule has 0 bridgehead atoms. The van der Waals surface area contributed by atoms with Crippen LogP contribution in [0.25, 0.3) is 0 Å². The molecule has 0 aliphatic rings. The molecule has 1 rings (SSSR count). The lowest BCUT2D eigenvalue weighted by atomic mass is 10.2. The Hall–Kier alpha value is -1.62. The molecule has 0 aliphatic carbocycles. The van der Waals surface area contributed by atoms with Crippen LogP contribution in [0.4, 0.5) is 4.39 Å². The van der Waals surface area contributed by atoms with Crippen LogP contribution in [0.1, 0.15) is 19.4 Å². The van der Waals surface area contributed by atoms with Gasteiger partial charge < -0.3 is 15.8 Å². The maximum absolute atomic E-state index is 13.3. The standard InChI is InChI=1S/C12H17FN2O2/c1-8(2)15-12(16)7-17-11-5-3-4-10(13)9(11)6-14/h3-5,8H,6-7,14H2,1-2H3,(H,15,16). The summed E-state index contributed by atoms with van der Waals surface area (Å²) in [6, 6.07) is 4.47. The molecule has 0 radical (unpaired) electrons. The quantitative estimate of drug-likeness (QED) is 0.812. The van der Waals surface area contributed by atoms with Gasteiger partial charge in [0.2, 0.25) is 0 Å². The zero-order valence-corrected chi connectivity index (χ0v) is 10.00. The van der Waals surface area contributed by atoms with Gasteiger partial charge in [0.15, 0.2) is 6.61 Å². The number of carbonyl (C=O) groups excluding carboxylic acids is 1. The molecule has 4 nitrogen and oxygen atoms in total. The molecule has 0 heterocycles. The molecule has 0 spiro atoms. The molecule has 0 atom stereocenters. The smallest absolute Gasteiger partial charge is 0.258 e. The molecule has 3 N–H and O–H groups in total. The van der Waals surface area contributed by atoms with Crippen LogP contribution in [-0.4, -0.2) is 18.6 Å². The van der Waals surface area contributed by atoms with Crippen molar-refractivity contribution < 1.29 is 13.9 Å². The molecule has 0 fully saturated rings. The highest BCUT2D eigenvalue weighted by Crippen LogP contribution is 2.20. The van der Waals surface area contributed by atoms with Crippen molar-refractivity contribution in [1.82, 2.24) is 5.32 Å². The summed E-state index contributed by atoms with van der Waals surface area (Å²) in [6.07, 6.45) is 0. The van der Waals surface area contributed by atoms with Crippen molar-refractivity contribution in [3.8, 4) is 5.75 Å². The number of amides is 1. The van der Waals surface area contributed by atoms with E-state index in [1.54, 1.807) is 6.07 Å². The average Bonchev–Trinajstić information content (AvgIpc) is 2.25. The van der Waals surface area contributed by atoms with Crippen LogP contribution < -0.4 is 15.8 Å². The van der Waals surface area contributed by atoms with E-state index in [2.05, 4.69) is 5.32 Å². The molecular formula is C12H17FN2O2. The van der Waals surface area contributed by atoms with Crippen molar-refractivity contribution in [3.63, 3.8) is 0 Å². The summed E-state index contributed by atoms with van der Waals surface area (Å²) in [7, 11) is 0. The third-order valence-electron chi connectivity index (χ3n) is 2.09. The van der Waals surface area contributed by atoms with E-state index >= 15 is 0 Å². The minimum atomic E-state index is -0.422. The number of hydrogen-bond acceptors (Lipinski definition) is 3. The normalized spacial score (nSPS) is 10.4. The Kier molecular flexibility index (Phi) is 4.90. The van der Waals surface area contributed by atoms with Gasteiger partial charge in [-0.1, -0.05) is 6.07 Å². The molecule has 0 saturated heterocycles. The number of carbonyl (C=O) groups is 1. The summed E-state index contributed by atoms with van der Waals surface area (Å²) in [5, 5.41) is 2.68. The fourth-order valence-corrected chi connectivity index (χ4v) is 1.38. The number of nitrogens with one attached hydrogen (secondary N) is 1. The van der Waals surface area contributed by atoms with E-state index in [1.807, 2.05) is 13.8 Å². The molecule has 94 valence electrons. The predicted octanol–water partition coefficient (Wildman–Crippen LogP) is 1.19. The highest BCUT2D eigenvalue weighted by Gasteiger charge is 2.10. The van der Waals surface area contributed by atoms with Crippen molar-refractivity contribution in [1.29, 1.82) is 0 Å². The third kappa shape index (κ3) is 4.03. The largest absolute Gasteiger partial charge is 0.483 e. The molecule has 1 aromatic carbocycles. The second-order valence-electron chi connectivity index (χ2n) is 3.93. The highest BCUT2D eigenvalue weighted by molar-refractivity contribution is 5.77. The summed E-state index contributed by atoms with van der Waals surface area (Å²) >= 11 is 0. The van der Waals surface area contributed by atoms with E-state index < -0.39 is 5.82 Å². The monoisotopic (exact) mass is 240 g/mol. The maximum Gasteiger partial charge on any atom is 0.258 e. The van der Waals surface area contributed by atoms with Gasteiger partial charge in [-0.05, 0) is 26.0 Å². The molecule has 17 heavy (non-hydrogen) atoms. The first-order valence-electron chi connectivity index (χ1n) is 5.44. The van der Waals surface area contributed by atoms with E-state index in [0.29, 0.717) is 5.75 Å². The number of nitrogens with two attached hydrogens (primary N) is 1. The van der Waals surface area contributed by atoms with Gasteiger partial charge in [0, 0.05) is 18.2 Å². The molecule has 0 unspecified atom stereocenters. The van der Waals surface area contributed by atoms with Gasteiger partial charge in [-0.2, -0.15) is 0 Å². The van der Waals surface area contributed by atoms with Crippen LogP contribution in [0.15, 0.2) is 18.2 Å². The summed E-state index contributed by atoms with van der Waals surface area (Å²) in [6.45, 7) is 3.60. The topological polar surface area (TPSA) is 64.3 Å². The zero-order chi connectivity index (χ0) is 12.8. The lowest BCUT2D eigenvalue weighted by Gasteiger charge is -2.12. The van der Waals surface area contributed by atoms with Crippen molar-refractivity contribution >= 4 is 5.91 Å². The summed E-state index contributed by atoms with van der Waals surface area (Å²) in [5.41, 5.74) is 5.70. The van der Waals surface area contributed by atoms with Crippen LogP contribution in [0, 0.1) is 5.82 Å². The minimum Gasteiger partial charge on any atom is -0.483 e. The third-order valence-corrected chi connectivity index (χ3v) is 2.09. The van der Waals surface area contributed by atoms with Gasteiger partial charge in [-0.15, -0.1) is 0 Å². The molecule has 0 aromatic heterocycles. The number of halogens is 1. The molecule has 0 saturated carbocycles. The number of benzene rings is 1. The van der Waals surface area contributed by atoms with Crippen LogP contribution in [0.2, 0.25) is 0 Å². The Morgan fingerprint density at radius 2 is 2.24 bits per heavy atom. The maximum atomic E-state index is 13.3. The second-order valence-corrected chi connectivity index (χ2v) is 3.93. The van der Waals surface area contributed by atoms with Crippen molar-refractivity contribution in [2.75, 3.05) is 6.61 Å². The summed E-state index contributed by atoms with van der Waals surface area (Å²) in [4.78, 5) is 11.4. The molecular weight excluding hydrogens is 223 g/mol. The Morgan fingerprint density at radius 3 is 2.82 bits per heavy atom. The van der Waals surface area contributed by atoms with Gasteiger partial charge in [-0.25, -0.2) is 4.39 Å². The van der Waals surface area contributed by atoms with Crippen LogP contribution in [0.5, 0.6) is 5.75 Å². The molecule has 0 aliphatic heterocycles. The highest BCUT2D eigenvalue weighted by atomic mass is 19.1. The molecule has 1 amide bonds. The Labute approximate surface area is 100.0 Å². The van der Waals surface area contributed by atoms with Crippen molar-refractivity contribution in [2.24, 2.45) is 5.73 Å². The van der Waals surface area contributed by atoms with E-state index in [0.717, 1.165) is 0 Å². The van der Waals surface area contributed by atoms with Crippen molar-refractivity contribution in [2.45, 2.75) is 26.4 Å². The summed E-state index contributed by atoms with van der Waals surface area (Å²) in [5.74, 6) is -0.354. The fourth-order valence-electron chi connectivity index (χ4n) is 1.38. The van der Waals surface area contributed by atoms with E-state index in [-0.39, 0.29) is 30.7 Å². The minimum absolute atomic E-state index is 0.0355. The first kappa shape index (κ1) is 13.4. The zero-order valence-electron chi connectivity index (χ0n) is 10.00. The Bertz CT molecular complexity index is 394. The van der Waals surface area contributed by atoms with Gasteiger partial charge in [0.1, 0.15) is 11.6 Å². The number of hydrogen-bond donors (Lipinski definition) is 2. The first-order valence-corrected chi connectivity index (χ1v) is 5.44. The molecule has 1 aromatic rings. The van der Waals surface area contributed by atoms with E-state index in [4.69, 9.17) is 10.5 Å². The molecule has 5 heteroatoms. The van der Waals surface area contributed by atoms with Crippen LogP contribution in [-0.2, 0) is 11.3 Å². The Balaban J connectivity index is 2.63. The predicted molar refractivity (Wildman–Crippen MR) is 63.1 cm³/mol.